The molecule has 1 aliphatic heterocycles. The number of rotatable bonds is 6. The van der Waals surface area contributed by atoms with Crippen molar-refractivity contribution in [3.8, 4) is 17.1 Å². The number of ether oxygens (including phenoxy) is 2. The van der Waals surface area contributed by atoms with Gasteiger partial charge >= 0.3 is 5.97 Å². The molecule has 34 heavy (non-hydrogen) atoms. The molecule has 3 aromatic rings. The molecule has 0 spiro atoms. The van der Waals surface area contributed by atoms with Crippen molar-refractivity contribution < 1.29 is 23.5 Å². The number of likely N-dealkylation sites (N-methyl/N-ethyl adjacent to an activating group) is 1. The lowest BCUT2D eigenvalue weighted by atomic mass is 10.1. The van der Waals surface area contributed by atoms with Crippen LogP contribution >= 0.6 is 23.4 Å². The van der Waals surface area contributed by atoms with E-state index in [1.54, 1.807) is 75.7 Å². The van der Waals surface area contributed by atoms with Crippen molar-refractivity contribution in [2.75, 3.05) is 20.8 Å². The van der Waals surface area contributed by atoms with Gasteiger partial charge in [-0.25, -0.2) is 9.79 Å². The summed E-state index contributed by atoms with van der Waals surface area (Å²) in [6, 6.07) is 15.7. The molecule has 0 saturated carbocycles. The molecule has 1 amide bonds. The first kappa shape index (κ1) is 23.7. The van der Waals surface area contributed by atoms with Gasteiger partial charge in [0.1, 0.15) is 23.0 Å². The molecule has 7 nitrogen and oxygen atoms in total. The molecule has 0 atom stereocenters. The molecule has 0 radical (unpaired) electrons. The first-order valence-corrected chi connectivity index (χ1v) is 11.6. The van der Waals surface area contributed by atoms with Crippen LogP contribution in [0.15, 0.2) is 68.9 Å². The summed E-state index contributed by atoms with van der Waals surface area (Å²) < 4.78 is 16.3. The standard InChI is InChI=1S/C25H21ClN2O5S/c1-4-32-24(30)16-7-5-6-15(12-16)20-11-9-18(33-20)14-22-23(29)28(2)25(34-22)27-19-13-17(26)8-10-21(19)31-3/h5-14H,4H2,1-3H3/b22-14+,27-25?. The van der Waals surface area contributed by atoms with Crippen LogP contribution in [0.2, 0.25) is 5.02 Å². The Morgan fingerprint density at radius 2 is 2.03 bits per heavy atom. The summed E-state index contributed by atoms with van der Waals surface area (Å²) in [5, 5.41) is 1.01. The maximum absolute atomic E-state index is 12.8. The lowest BCUT2D eigenvalue weighted by molar-refractivity contribution is -0.121. The normalized spacial score (nSPS) is 15.9. The van der Waals surface area contributed by atoms with E-state index >= 15 is 0 Å². The Balaban J connectivity index is 1.58. The zero-order valence-electron chi connectivity index (χ0n) is 18.7. The number of methoxy groups -OCH3 is 1. The van der Waals surface area contributed by atoms with E-state index in [4.69, 9.17) is 25.5 Å². The summed E-state index contributed by atoms with van der Waals surface area (Å²) in [5.41, 5.74) is 1.70. The van der Waals surface area contributed by atoms with Gasteiger partial charge in [0.25, 0.3) is 5.91 Å². The number of amidine groups is 1. The van der Waals surface area contributed by atoms with Crippen LogP contribution < -0.4 is 4.74 Å². The molecular weight excluding hydrogens is 476 g/mol. The van der Waals surface area contributed by atoms with Crippen LogP contribution in [0.3, 0.4) is 0 Å². The van der Waals surface area contributed by atoms with Crippen molar-refractivity contribution in [1.29, 1.82) is 0 Å². The summed E-state index contributed by atoms with van der Waals surface area (Å²) in [5.74, 6) is 1.03. The molecular formula is C25H21ClN2O5S. The Morgan fingerprint density at radius 1 is 1.21 bits per heavy atom. The quantitative estimate of drug-likeness (QED) is 0.306. The van der Waals surface area contributed by atoms with Gasteiger partial charge < -0.3 is 13.9 Å². The maximum Gasteiger partial charge on any atom is 0.338 e. The minimum absolute atomic E-state index is 0.202. The lowest BCUT2D eigenvalue weighted by Crippen LogP contribution is -2.23. The Hall–Kier alpha value is -3.49. The molecule has 0 bridgehead atoms. The second-order valence-electron chi connectivity index (χ2n) is 7.19. The van der Waals surface area contributed by atoms with Gasteiger partial charge in [0.2, 0.25) is 0 Å². The van der Waals surface area contributed by atoms with E-state index in [2.05, 4.69) is 4.99 Å². The fourth-order valence-corrected chi connectivity index (χ4v) is 4.36. The van der Waals surface area contributed by atoms with Gasteiger partial charge in [-0.2, -0.15) is 0 Å². The summed E-state index contributed by atoms with van der Waals surface area (Å²) >= 11 is 7.32. The first-order valence-electron chi connectivity index (χ1n) is 10.4. The molecule has 2 aromatic carbocycles. The number of nitrogens with zero attached hydrogens (tertiary/aromatic N) is 2. The molecule has 0 aliphatic carbocycles. The van der Waals surface area contributed by atoms with Crippen molar-refractivity contribution >= 4 is 52.2 Å². The maximum atomic E-state index is 12.8. The predicted molar refractivity (Wildman–Crippen MR) is 134 cm³/mol. The van der Waals surface area contributed by atoms with Crippen LogP contribution in [0.4, 0.5) is 5.69 Å². The molecule has 0 N–H and O–H groups in total. The number of thioether (sulfide) groups is 1. The number of halogens is 1. The van der Waals surface area contributed by atoms with E-state index in [-0.39, 0.29) is 5.91 Å². The summed E-state index contributed by atoms with van der Waals surface area (Å²) in [6.45, 7) is 2.06. The van der Waals surface area contributed by atoms with Crippen LogP contribution in [-0.4, -0.2) is 42.7 Å². The number of hydrogen-bond acceptors (Lipinski definition) is 7. The van der Waals surface area contributed by atoms with E-state index in [1.165, 1.54) is 16.7 Å². The van der Waals surface area contributed by atoms with Crippen molar-refractivity contribution in [3.63, 3.8) is 0 Å². The van der Waals surface area contributed by atoms with Gasteiger partial charge in [-0.15, -0.1) is 0 Å². The van der Waals surface area contributed by atoms with E-state index in [0.29, 0.717) is 50.2 Å². The molecule has 1 aromatic heterocycles. The Bertz CT molecular complexity index is 1310. The van der Waals surface area contributed by atoms with Crippen LogP contribution in [-0.2, 0) is 9.53 Å². The highest BCUT2D eigenvalue weighted by atomic mass is 35.5. The number of furan rings is 1. The van der Waals surface area contributed by atoms with E-state index in [0.717, 1.165) is 5.56 Å². The van der Waals surface area contributed by atoms with Gasteiger partial charge in [-0.3, -0.25) is 9.69 Å². The second-order valence-corrected chi connectivity index (χ2v) is 8.63. The van der Waals surface area contributed by atoms with Crippen molar-refractivity contribution in [3.05, 3.63) is 75.8 Å². The number of aliphatic imine (C=N–C) groups is 1. The number of esters is 1. The highest BCUT2D eigenvalue weighted by Crippen LogP contribution is 2.37. The SMILES string of the molecule is CCOC(=O)c1cccc(-c2ccc(/C=C3/SC(=Nc4cc(Cl)ccc4OC)N(C)C3=O)o2)c1. The lowest BCUT2D eigenvalue weighted by Gasteiger charge is -2.09. The van der Waals surface area contributed by atoms with Gasteiger partial charge in [-0.05, 0) is 61.2 Å². The smallest absolute Gasteiger partial charge is 0.338 e. The second kappa shape index (κ2) is 10.2. The zero-order chi connectivity index (χ0) is 24.2. The number of carbonyl (C=O) groups excluding carboxylic acids is 2. The van der Waals surface area contributed by atoms with Crippen molar-refractivity contribution in [2.24, 2.45) is 4.99 Å². The predicted octanol–water partition coefficient (Wildman–Crippen LogP) is 6.02. The first-order chi connectivity index (χ1) is 16.4. The number of benzene rings is 2. The highest BCUT2D eigenvalue weighted by molar-refractivity contribution is 8.18. The van der Waals surface area contributed by atoms with E-state index in [1.807, 2.05) is 6.07 Å². The minimum Gasteiger partial charge on any atom is -0.494 e. The third-order valence-corrected chi connectivity index (χ3v) is 6.21. The number of carbonyl (C=O) groups is 2. The Morgan fingerprint density at radius 3 is 2.79 bits per heavy atom. The molecule has 9 heteroatoms. The van der Waals surface area contributed by atoms with Gasteiger partial charge in [0.05, 0.1) is 24.2 Å². The summed E-state index contributed by atoms with van der Waals surface area (Å²) in [4.78, 5) is 31.3. The number of amides is 1. The van der Waals surface area contributed by atoms with Crippen LogP contribution in [0.1, 0.15) is 23.0 Å². The largest absolute Gasteiger partial charge is 0.494 e. The van der Waals surface area contributed by atoms with Crippen molar-refractivity contribution in [1.82, 2.24) is 4.90 Å². The average Bonchev–Trinajstić information content (AvgIpc) is 3.40. The van der Waals surface area contributed by atoms with Crippen LogP contribution in [0.25, 0.3) is 17.4 Å². The highest BCUT2D eigenvalue weighted by Gasteiger charge is 2.31. The Labute approximate surface area is 206 Å². The average molecular weight is 497 g/mol. The molecule has 4 rings (SSSR count). The van der Waals surface area contributed by atoms with Crippen LogP contribution in [0, 0.1) is 0 Å². The number of hydrogen-bond donors (Lipinski definition) is 0. The fourth-order valence-electron chi connectivity index (χ4n) is 3.23. The molecule has 174 valence electrons. The van der Waals surface area contributed by atoms with Crippen molar-refractivity contribution in [2.45, 2.75) is 6.92 Å². The molecule has 0 unspecified atom stereocenters. The summed E-state index contributed by atoms with van der Waals surface area (Å²) in [7, 11) is 3.20. The van der Waals surface area contributed by atoms with Crippen LogP contribution in [0.5, 0.6) is 5.75 Å². The monoisotopic (exact) mass is 496 g/mol. The summed E-state index contributed by atoms with van der Waals surface area (Å²) in [6.07, 6.45) is 1.67. The van der Waals surface area contributed by atoms with E-state index in [9.17, 15) is 9.59 Å². The molecule has 2 heterocycles. The topological polar surface area (TPSA) is 81.3 Å². The molecule has 1 aliphatic rings. The van der Waals surface area contributed by atoms with Gasteiger partial charge in [0, 0.05) is 23.7 Å². The third kappa shape index (κ3) is 5.03. The molecule has 1 fully saturated rings. The minimum atomic E-state index is -0.391. The van der Waals surface area contributed by atoms with Gasteiger partial charge in [-0.1, -0.05) is 23.7 Å². The fraction of sp³-hybridized carbons (Fsp3) is 0.160. The molecule has 1 saturated heterocycles. The third-order valence-electron chi connectivity index (χ3n) is 4.92. The Kier molecular flexibility index (Phi) is 7.09. The zero-order valence-corrected chi connectivity index (χ0v) is 20.3. The van der Waals surface area contributed by atoms with E-state index < -0.39 is 5.97 Å². The van der Waals surface area contributed by atoms with Gasteiger partial charge in [0.15, 0.2) is 5.17 Å².